The zero-order valence-electron chi connectivity index (χ0n) is 10.4. The Kier molecular flexibility index (Phi) is 3.08. The smallest absolute Gasteiger partial charge is 0.120 e. The number of methoxy groups -OCH3 is 1. The fourth-order valence-corrected chi connectivity index (χ4v) is 2.51. The maximum Gasteiger partial charge on any atom is 0.120 e. The van der Waals surface area contributed by atoms with Crippen LogP contribution in [0.15, 0.2) is 24.3 Å². The van der Waals surface area contributed by atoms with Crippen LogP contribution in [0.3, 0.4) is 0 Å². The second-order valence-electron chi connectivity index (χ2n) is 5.31. The Hall–Kier alpha value is -1.18. The average molecular weight is 219 g/mol. The monoisotopic (exact) mass is 219 g/mol. The number of ether oxygens (including phenoxy) is 1. The maximum absolute atomic E-state index is 5.23. The molecule has 0 radical (unpaired) electrons. The minimum absolute atomic E-state index is 0.406. The van der Waals surface area contributed by atoms with Gasteiger partial charge in [-0.15, -0.1) is 0 Å². The van der Waals surface area contributed by atoms with Crippen molar-refractivity contribution in [3.8, 4) is 5.75 Å². The van der Waals surface area contributed by atoms with Crippen LogP contribution in [0.25, 0.3) is 0 Å². The van der Waals surface area contributed by atoms with Crippen LogP contribution in [-0.2, 0) is 0 Å². The summed E-state index contributed by atoms with van der Waals surface area (Å²) in [5, 5.41) is 3.63. The van der Waals surface area contributed by atoms with Gasteiger partial charge >= 0.3 is 0 Å². The van der Waals surface area contributed by atoms with Gasteiger partial charge in [-0.3, -0.25) is 0 Å². The van der Waals surface area contributed by atoms with Gasteiger partial charge in [0.05, 0.1) is 7.11 Å². The molecule has 0 amide bonds. The van der Waals surface area contributed by atoms with Crippen molar-refractivity contribution in [2.75, 3.05) is 12.4 Å². The molecule has 0 aliphatic heterocycles. The summed E-state index contributed by atoms with van der Waals surface area (Å²) >= 11 is 0. The summed E-state index contributed by atoms with van der Waals surface area (Å²) in [6, 6.07) is 8.76. The van der Waals surface area contributed by atoms with Crippen LogP contribution < -0.4 is 10.1 Å². The third-order valence-electron chi connectivity index (χ3n) is 3.67. The second kappa shape index (κ2) is 4.36. The first-order valence-electron chi connectivity index (χ1n) is 6.02. The first kappa shape index (κ1) is 11.3. The SMILES string of the molecule is COc1cccc(NC2CCCC2(C)C)c1. The fraction of sp³-hybridized carbons (Fsp3) is 0.571. The Balaban J connectivity index is 2.08. The first-order chi connectivity index (χ1) is 7.62. The molecule has 0 heterocycles. The van der Waals surface area contributed by atoms with Gasteiger partial charge in [-0.25, -0.2) is 0 Å². The quantitative estimate of drug-likeness (QED) is 0.837. The molecule has 2 rings (SSSR count). The van der Waals surface area contributed by atoms with Gasteiger partial charge in [0.25, 0.3) is 0 Å². The number of hydrogen-bond donors (Lipinski definition) is 1. The summed E-state index contributed by atoms with van der Waals surface area (Å²) in [6.07, 6.45) is 3.91. The zero-order chi connectivity index (χ0) is 11.6. The Morgan fingerprint density at radius 1 is 1.38 bits per heavy atom. The van der Waals surface area contributed by atoms with Crippen LogP contribution in [0.5, 0.6) is 5.75 Å². The molecule has 1 aliphatic carbocycles. The highest BCUT2D eigenvalue weighted by Crippen LogP contribution is 2.39. The van der Waals surface area contributed by atoms with E-state index >= 15 is 0 Å². The van der Waals surface area contributed by atoms with Crippen molar-refractivity contribution < 1.29 is 4.74 Å². The lowest BCUT2D eigenvalue weighted by atomic mass is 9.87. The van der Waals surface area contributed by atoms with E-state index in [2.05, 4.69) is 31.3 Å². The van der Waals surface area contributed by atoms with Gasteiger partial charge < -0.3 is 10.1 Å². The molecule has 1 fully saturated rings. The van der Waals surface area contributed by atoms with Crippen LogP contribution in [0, 0.1) is 5.41 Å². The number of anilines is 1. The third-order valence-corrected chi connectivity index (χ3v) is 3.67. The molecule has 88 valence electrons. The number of nitrogens with one attached hydrogen (secondary N) is 1. The summed E-state index contributed by atoms with van der Waals surface area (Å²) in [4.78, 5) is 0. The van der Waals surface area contributed by atoms with Crippen LogP contribution in [0.4, 0.5) is 5.69 Å². The molecular weight excluding hydrogens is 198 g/mol. The van der Waals surface area contributed by atoms with E-state index in [1.165, 1.54) is 24.9 Å². The molecule has 0 saturated heterocycles. The summed E-state index contributed by atoms with van der Waals surface area (Å²) in [6.45, 7) is 4.69. The molecule has 0 bridgehead atoms. The lowest BCUT2D eigenvalue weighted by Crippen LogP contribution is -2.30. The molecule has 1 unspecified atom stereocenters. The van der Waals surface area contributed by atoms with E-state index < -0.39 is 0 Å². The molecule has 0 spiro atoms. The van der Waals surface area contributed by atoms with Crippen LogP contribution >= 0.6 is 0 Å². The average Bonchev–Trinajstić information content (AvgIpc) is 2.59. The highest BCUT2D eigenvalue weighted by Gasteiger charge is 2.34. The first-order valence-corrected chi connectivity index (χ1v) is 6.02. The molecule has 1 saturated carbocycles. The topological polar surface area (TPSA) is 21.3 Å². The van der Waals surface area contributed by atoms with Crippen molar-refractivity contribution in [2.45, 2.75) is 39.2 Å². The van der Waals surface area contributed by atoms with Crippen molar-refractivity contribution in [3.63, 3.8) is 0 Å². The summed E-state index contributed by atoms with van der Waals surface area (Å²) < 4.78 is 5.23. The summed E-state index contributed by atoms with van der Waals surface area (Å²) in [5.41, 5.74) is 1.57. The zero-order valence-corrected chi connectivity index (χ0v) is 10.4. The van der Waals surface area contributed by atoms with Gasteiger partial charge in [0.1, 0.15) is 5.75 Å². The molecule has 1 aromatic carbocycles. The van der Waals surface area contributed by atoms with Gasteiger partial charge in [0.15, 0.2) is 0 Å². The van der Waals surface area contributed by atoms with E-state index in [0.717, 1.165) is 5.75 Å². The molecule has 1 atom stereocenters. The standard InChI is InChI=1S/C14H21NO/c1-14(2)9-5-8-13(14)15-11-6-4-7-12(10-11)16-3/h4,6-7,10,13,15H,5,8-9H2,1-3H3. The van der Waals surface area contributed by atoms with Gasteiger partial charge in [0, 0.05) is 17.8 Å². The molecule has 2 heteroatoms. The molecule has 1 aliphatic rings. The normalized spacial score (nSPS) is 23.1. The van der Waals surface area contributed by atoms with Gasteiger partial charge in [-0.1, -0.05) is 26.3 Å². The van der Waals surface area contributed by atoms with Crippen molar-refractivity contribution in [1.82, 2.24) is 0 Å². The molecule has 0 aromatic heterocycles. The van der Waals surface area contributed by atoms with Crippen molar-refractivity contribution >= 4 is 5.69 Å². The summed E-state index contributed by atoms with van der Waals surface area (Å²) in [5.74, 6) is 0.917. The van der Waals surface area contributed by atoms with Crippen molar-refractivity contribution in [3.05, 3.63) is 24.3 Å². The highest BCUT2D eigenvalue weighted by atomic mass is 16.5. The van der Waals surface area contributed by atoms with Crippen LogP contribution in [-0.4, -0.2) is 13.2 Å². The van der Waals surface area contributed by atoms with Gasteiger partial charge in [-0.2, -0.15) is 0 Å². The van der Waals surface area contributed by atoms with E-state index in [1.54, 1.807) is 7.11 Å². The Bertz CT molecular complexity index is 360. The van der Waals surface area contributed by atoms with E-state index in [4.69, 9.17) is 4.74 Å². The predicted molar refractivity (Wildman–Crippen MR) is 68.0 cm³/mol. The summed E-state index contributed by atoms with van der Waals surface area (Å²) in [7, 11) is 1.71. The van der Waals surface area contributed by atoms with Crippen molar-refractivity contribution in [1.29, 1.82) is 0 Å². The largest absolute Gasteiger partial charge is 0.497 e. The number of benzene rings is 1. The van der Waals surface area contributed by atoms with E-state index in [0.29, 0.717) is 11.5 Å². The lowest BCUT2D eigenvalue weighted by Gasteiger charge is -2.28. The molecule has 16 heavy (non-hydrogen) atoms. The third kappa shape index (κ3) is 2.31. The molecular formula is C14H21NO. The van der Waals surface area contributed by atoms with Gasteiger partial charge in [0.2, 0.25) is 0 Å². The number of hydrogen-bond acceptors (Lipinski definition) is 2. The molecule has 1 aromatic rings. The Morgan fingerprint density at radius 3 is 2.81 bits per heavy atom. The van der Waals surface area contributed by atoms with Gasteiger partial charge in [-0.05, 0) is 30.4 Å². The molecule has 1 N–H and O–H groups in total. The Labute approximate surface area is 98.0 Å². The number of rotatable bonds is 3. The van der Waals surface area contributed by atoms with E-state index in [1.807, 2.05) is 12.1 Å². The van der Waals surface area contributed by atoms with Crippen LogP contribution in [0.2, 0.25) is 0 Å². The predicted octanol–water partition coefficient (Wildman–Crippen LogP) is 3.69. The van der Waals surface area contributed by atoms with Crippen molar-refractivity contribution in [2.24, 2.45) is 5.41 Å². The maximum atomic E-state index is 5.23. The second-order valence-corrected chi connectivity index (χ2v) is 5.31. The fourth-order valence-electron chi connectivity index (χ4n) is 2.51. The van der Waals surface area contributed by atoms with Crippen LogP contribution in [0.1, 0.15) is 33.1 Å². The highest BCUT2D eigenvalue weighted by molar-refractivity contribution is 5.49. The molecule has 2 nitrogen and oxygen atoms in total. The Morgan fingerprint density at radius 2 is 2.19 bits per heavy atom. The lowest BCUT2D eigenvalue weighted by molar-refractivity contribution is 0.350. The van der Waals surface area contributed by atoms with E-state index in [-0.39, 0.29) is 0 Å². The minimum Gasteiger partial charge on any atom is -0.497 e. The van der Waals surface area contributed by atoms with E-state index in [9.17, 15) is 0 Å². The minimum atomic E-state index is 0.406.